The normalized spacial score (nSPS) is 23.2. The van der Waals surface area contributed by atoms with Crippen molar-refractivity contribution in [3.63, 3.8) is 0 Å². The van der Waals surface area contributed by atoms with Gasteiger partial charge in [-0.2, -0.15) is 0 Å². The molecule has 1 aromatic carbocycles. The van der Waals surface area contributed by atoms with Crippen molar-refractivity contribution in [3.05, 3.63) is 41.3 Å². The van der Waals surface area contributed by atoms with Crippen LogP contribution in [0.1, 0.15) is 53.3 Å². The number of carbonyl (C=O) groups excluding carboxylic acids is 3. The van der Waals surface area contributed by atoms with Gasteiger partial charge in [-0.05, 0) is 38.8 Å². The van der Waals surface area contributed by atoms with E-state index in [9.17, 15) is 14.4 Å². The van der Waals surface area contributed by atoms with Gasteiger partial charge in [0.15, 0.2) is 5.69 Å². The molecular formula is C26H34N4O6. The van der Waals surface area contributed by atoms with Crippen LogP contribution in [0.25, 0.3) is 0 Å². The number of methoxy groups -OCH3 is 1. The van der Waals surface area contributed by atoms with E-state index in [0.717, 1.165) is 12.8 Å². The fourth-order valence-corrected chi connectivity index (χ4v) is 4.39. The molecule has 10 nitrogen and oxygen atoms in total. The van der Waals surface area contributed by atoms with E-state index in [1.54, 1.807) is 50.2 Å². The molecule has 36 heavy (non-hydrogen) atoms. The third-order valence-electron chi connectivity index (χ3n) is 6.77. The lowest BCUT2D eigenvalue weighted by molar-refractivity contribution is -0.136. The summed E-state index contributed by atoms with van der Waals surface area (Å²) in [7, 11) is 3.35. The Bertz CT molecular complexity index is 1130. The second-order valence-corrected chi connectivity index (χ2v) is 9.85. The summed E-state index contributed by atoms with van der Waals surface area (Å²) in [5.41, 5.74) is 0.964. The monoisotopic (exact) mass is 498 g/mol. The maximum atomic E-state index is 13.3. The van der Waals surface area contributed by atoms with Crippen LogP contribution in [-0.4, -0.2) is 78.7 Å². The highest BCUT2D eigenvalue weighted by atomic mass is 16.5. The zero-order valence-electron chi connectivity index (χ0n) is 21.4. The summed E-state index contributed by atoms with van der Waals surface area (Å²) in [5.74, 6) is 0.433. The summed E-state index contributed by atoms with van der Waals surface area (Å²) in [6.45, 7) is 6.77. The molecule has 2 aliphatic rings. The summed E-state index contributed by atoms with van der Waals surface area (Å²) in [6.07, 6.45) is 1.59. The Labute approximate surface area is 210 Å². The minimum atomic E-state index is -0.435. The first kappa shape index (κ1) is 25.7. The SMILES string of the molecule is CO[C@@H]1CN(C)C(=O)c2ccc(NC(=O)c3cc(C)on3)cc2OC[C@H](C)N(C(=O)C2CC2)C[C@H]1C. The largest absolute Gasteiger partial charge is 0.491 e. The van der Waals surface area contributed by atoms with E-state index in [1.807, 2.05) is 18.7 Å². The van der Waals surface area contributed by atoms with E-state index in [4.69, 9.17) is 14.0 Å². The van der Waals surface area contributed by atoms with Crippen molar-refractivity contribution in [2.24, 2.45) is 11.8 Å². The van der Waals surface area contributed by atoms with Crippen molar-refractivity contribution in [2.45, 2.75) is 45.8 Å². The smallest absolute Gasteiger partial charge is 0.277 e. The maximum absolute atomic E-state index is 13.3. The number of anilines is 1. The number of nitrogens with one attached hydrogen (secondary N) is 1. The Morgan fingerprint density at radius 2 is 1.92 bits per heavy atom. The fraction of sp³-hybridized carbons (Fsp3) is 0.538. The van der Waals surface area contributed by atoms with Crippen molar-refractivity contribution in [1.29, 1.82) is 0 Å². The summed E-state index contributed by atoms with van der Waals surface area (Å²) in [5, 5.41) is 6.50. The predicted octanol–water partition coefficient (Wildman–Crippen LogP) is 2.98. The van der Waals surface area contributed by atoms with Crippen LogP contribution in [0.15, 0.2) is 28.8 Å². The molecule has 1 N–H and O–H groups in total. The predicted molar refractivity (Wildman–Crippen MR) is 132 cm³/mol. The maximum Gasteiger partial charge on any atom is 0.277 e. The van der Waals surface area contributed by atoms with Gasteiger partial charge >= 0.3 is 0 Å². The zero-order chi connectivity index (χ0) is 26.0. The molecule has 0 bridgehead atoms. The minimum absolute atomic E-state index is 0.0204. The summed E-state index contributed by atoms with van der Waals surface area (Å²) < 4.78 is 16.8. The van der Waals surface area contributed by atoms with Gasteiger partial charge in [0.05, 0.1) is 17.7 Å². The molecular weight excluding hydrogens is 464 g/mol. The number of aromatic nitrogens is 1. The quantitative estimate of drug-likeness (QED) is 0.689. The molecule has 4 rings (SSSR count). The Hall–Kier alpha value is -3.40. The van der Waals surface area contributed by atoms with Gasteiger partial charge in [0.25, 0.3) is 11.8 Å². The van der Waals surface area contributed by atoms with E-state index in [-0.39, 0.29) is 48.1 Å². The standard InChI is InChI=1S/C26H34N4O6/c1-15-12-30(25(32)18-6-7-18)16(2)14-35-22-11-19(27-24(31)21-10-17(3)36-28-21)8-9-20(22)26(33)29(4)13-23(15)34-5/h8-11,15-16,18,23H,6-7,12-14H2,1-5H3,(H,27,31)/t15-,16+,23-/m1/s1. The van der Waals surface area contributed by atoms with E-state index in [0.29, 0.717) is 35.9 Å². The molecule has 2 aromatic rings. The third kappa shape index (κ3) is 5.70. The second-order valence-electron chi connectivity index (χ2n) is 9.85. The highest BCUT2D eigenvalue weighted by Gasteiger charge is 2.37. The highest BCUT2D eigenvalue weighted by molar-refractivity contribution is 6.04. The van der Waals surface area contributed by atoms with Crippen molar-refractivity contribution < 1.29 is 28.4 Å². The van der Waals surface area contributed by atoms with Gasteiger partial charge in [-0.25, -0.2) is 0 Å². The molecule has 1 aliphatic carbocycles. The van der Waals surface area contributed by atoms with E-state index in [2.05, 4.69) is 10.5 Å². The average Bonchev–Trinajstić information content (AvgIpc) is 3.62. The van der Waals surface area contributed by atoms with Crippen LogP contribution in [0.2, 0.25) is 0 Å². The van der Waals surface area contributed by atoms with Crippen LogP contribution >= 0.6 is 0 Å². The lowest BCUT2D eigenvalue weighted by Gasteiger charge is -2.36. The lowest BCUT2D eigenvalue weighted by atomic mass is 10.0. The second kappa shape index (κ2) is 10.7. The highest BCUT2D eigenvalue weighted by Crippen LogP contribution is 2.33. The van der Waals surface area contributed by atoms with Crippen LogP contribution in [0.5, 0.6) is 5.75 Å². The Kier molecular flexibility index (Phi) is 7.63. The molecule has 0 radical (unpaired) electrons. The molecule has 1 aliphatic heterocycles. The molecule has 1 aromatic heterocycles. The number of nitrogens with zero attached hydrogens (tertiary/aromatic N) is 3. The third-order valence-corrected chi connectivity index (χ3v) is 6.77. The van der Waals surface area contributed by atoms with Gasteiger partial charge in [0, 0.05) is 56.9 Å². The van der Waals surface area contributed by atoms with Gasteiger partial charge in [0.2, 0.25) is 5.91 Å². The fourth-order valence-electron chi connectivity index (χ4n) is 4.39. The van der Waals surface area contributed by atoms with Crippen molar-refractivity contribution in [2.75, 3.05) is 39.2 Å². The van der Waals surface area contributed by atoms with Gasteiger partial charge in [-0.3, -0.25) is 14.4 Å². The van der Waals surface area contributed by atoms with E-state index in [1.165, 1.54) is 0 Å². The summed E-state index contributed by atoms with van der Waals surface area (Å²) in [4.78, 5) is 42.5. The summed E-state index contributed by atoms with van der Waals surface area (Å²) >= 11 is 0. The van der Waals surface area contributed by atoms with Crippen LogP contribution in [0, 0.1) is 18.8 Å². The molecule has 0 saturated heterocycles. The Balaban J connectivity index is 1.63. The van der Waals surface area contributed by atoms with Crippen LogP contribution in [0.3, 0.4) is 0 Å². The lowest BCUT2D eigenvalue weighted by Crippen LogP contribution is -2.49. The number of benzene rings is 1. The van der Waals surface area contributed by atoms with Gasteiger partial charge in [0.1, 0.15) is 18.1 Å². The number of carbonyl (C=O) groups is 3. The molecule has 194 valence electrons. The van der Waals surface area contributed by atoms with Gasteiger partial charge < -0.3 is 29.1 Å². The summed E-state index contributed by atoms with van der Waals surface area (Å²) in [6, 6.07) is 6.22. The number of hydrogen-bond donors (Lipinski definition) is 1. The Morgan fingerprint density at radius 3 is 2.56 bits per heavy atom. The topological polar surface area (TPSA) is 114 Å². The molecule has 1 fully saturated rings. The molecule has 1 saturated carbocycles. The first-order valence-corrected chi connectivity index (χ1v) is 12.3. The van der Waals surface area contributed by atoms with E-state index < -0.39 is 5.91 Å². The number of fused-ring (bicyclic) bond motifs is 1. The van der Waals surface area contributed by atoms with E-state index >= 15 is 0 Å². The molecule has 3 amide bonds. The van der Waals surface area contributed by atoms with Gasteiger partial charge in [-0.15, -0.1) is 0 Å². The molecule has 0 spiro atoms. The minimum Gasteiger partial charge on any atom is -0.491 e. The van der Waals surface area contributed by atoms with Crippen LogP contribution < -0.4 is 10.1 Å². The van der Waals surface area contributed by atoms with Crippen LogP contribution in [0.4, 0.5) is 5.69 Å². The zero-order valence-corrected chi connectivity index (χ0v) is 21.4. The number of hydrogen-bond acceptors (Lipinski definition) is 7. The Morgan fingerprint density at radius 1 is 1.17 bits per heavy atom. The molecule has 0 unspecified atom stereocenters. The van der Waals surface area contributed by atoms with Crippen LogP contribution in [-0.2, 0) is 9.53 Å². The number of rotatable bonds is 4. The van der Waals surface area contributed by atoms with Crippen molar-refractivity contribution in [3.8, 4) is 5.75 Å². The van der Waals surface area contributed by atoms with Gasteiger partial charge in [-0.1, -0.05) is 12.1 Å². The first-order chi connectivity index (χ1) is 17.2. The number of aryl methyl sites for hydroxylation is 1. The molecule has 2 heterocycles. The molecule has 10 heteroatoms. The number of likely N-dealkylation sites (N-methyl/N-ethyl adjacent to an activating group) is 1. The van der Waals surface area contributed by atoms with Crippen molar-refractivity contribution in [1.82, 2.24) is 15.0 Å². The average molecular weight is 499 g/mol. The van der Waals surface area contributed by atoms with Crippen molar-refractivity contribution >= 4 is 23.4 Å². The number of ether oxygens (including phenoxy) is 2. The first-order valence-electron chi connectivity index (χ1n) is 12.3. The number of amides is 3. The molecule has 3 atom stereocenters.